The van der Waals surface area contributed by atoms with Crippen molar-refractivity contribution in [2.24, 2.45) is 0 Å². The molecular formula is C18H16F3N3O3. The Hall–Kier alpha value is -3.10. The van der Waals surface area contributed by atoms with Crippen LogP contribution in [0.5, 0.6) is 5.75 Å². The largest absolute Gasteiger partial charge is 0.573 e. The van der Waals surface area contributed by atoms with Crippen LogP contribution >= 0.6 is 0 Å². The van der Waals surface area contributed by atoms with Gasteiger partial charge in [0.15, 0.2) is 0 Å². The van der Waals surface area contributed by atoms with E-state index in [1.807, 2.05) is 0 Å². The summed E-state index contributed by atoms with van der Waals surface area (Å²) in [5.74, 6) is -1.11. The van der Waals surface area contributed by atoms with Crippen molar-refractivity contribution < 1.29 is 27.5 Å². The Bertz CT molecular complexity index is 810. The van der Waals surface area contributed by atoms with Crippen molar-refractivity contribution in [3.63, 3.8) is 0 Å². The van der Waals surface area contributed by atoms with Gasteiger partial charge in [0.2, 0.25) is 5.91 Å². The molecule has 6 nitrogen and oxygen atoms in total. The lowest BCUT2D eigenvalue weighted by atomic mass is 10.2. The topological polar surface area (TPSA) is 71.5 Å². The van der Waals surface area contributed by atoms with Gasteiger partial charge in [-0.25, -0.2) is 0 Å². The van der Waals surface area contributed by atoms with Crippen molar-refractivity contribution in [2.45, 2.75) is 25.2 Å². The van der Waals surface area contributed by atoms with Crippen LogP contribution in [0.25, 0.3) is 0 Å². The number of benzene rings is 1. The van der Waals surface area contributed by atoms with Crippen LogP contribution in [-0.4, -0.2) is 40.6 Å². The third-order valence-corrected chi connectivity index (χ3v) is 4.06. The number of rotatable bonds is 4. The number of hydrogen-bond acceptors (Lipinski definition) is 4. The first-order chi connectivity index (χ1) is 12.8. The molecule has 1 aromatic carbocycles. The maximum absolute atomic E-state index is 12.6. The maximum atomic E-state index is 12.6. The first kappa shape index (κ1) is 18.7. The SMILES string of the molecule is O=C(Nc1ccc(OC(F)(F)F)cc1)[C@@H]1CCCN1C(=O)c1ccccn1. The summed E-state index contributed by atoms with van der Waals surface area (Å²) in [6.45, 7) is 0.436. The van der Waals surface area contributed by atoms with Gasteiger partial charge in [0, 0.05) is 18.4 Å². The van der Waals surface area contributed by atoms with Crippen LogP contribution in [0.1, 0.15) is 23.3 Å². The lowest BCUT2D eigenvalue weighted by Gasteiger charge is -2.23. The molecule has 0 saturated carbocycles. The summed E-state index contributed by atoms with van der Waals surface area (Å²) in [4.78, 5) is 30.6. The summed E-state index contributed by atoms with van der Waals surface area (Å²) in [5, 5.41) is 2.62. The van der Waals surface area contributed by atoms with Gasteiger partial charge in [-0.1, -0.05) is 6.07 Å². The molecule has 1 aromatic heterocycles. The number of hydrogen-bond donors (Lipinski definition) is 1. The fourth-order valence-corrected chi connectivity index (χ4v) is 2.88. The lowest BCUT2D eigenvalue weighted by Crippen LogP contribution is -2.43. The van der Waals surface area contributed by atoms with Crippen molar-refractivity contribution in [1.82, 2.24) is 9.88 Å². The molecule has 1 fully saturated rings. The third-order valence-electron chi connectivity index (χ3n) is 4.06. The Morgan fingerprint density at radius 1 is 1.15 bits per heavy atom. The van der Waals surface area contributed by atoms with E-state index in [1.54, 1.807) is 18.2 Å². The normalized spacial score (nSPS) is 16.9. The highest BCUT2D eigenvalue weighted by Crippen LogP contribution is 2.25. The molecule has 0 bridgehead atoms. The van der Waals surface area contributed by atoms with E-state index in [9.17, 15) is 22.8 Å². The smallest absolute Gasteiger partial charge is 0.406 e. The minimum absolute atomic E-state index is 0.255. The zero-order valence-electron chi connectivity index (χ0n) is 14.1. The molecule has 3 rings (SSSR count). The van der Waals surface area contributed by atoms with Crippen molar-refractivity contribution in [3.05, 3.63) is 54.4 Å². The fourth-order valence-electron chi connectivity index (χ4n) is 2.88. The van der Waals surface area contributed by atoms with Gasteiger partial charge in [-0.15, -0.1) is 13.2 Å². The molecule has 0 aliphatic carbocycles. The number of pyridine rings is 1. The number of carbonyl (C=O) groups is 2. The highest BCUT2D eigenvalue weighted by Gasteiger charge is 2.35. The molecule has 142 valence electrons. The quantitative estimate of drug-likeness (QED) is 0.886. The summed E-state index contributed by atoms with van der Waals surface area (Å²) in [5.41, 5.74) is 0.567. The molecule has 2 heterocycles. The Labute approximate surface area is 152 Å². The highest BCUT2D eigenvalue weighted by molar-refractivity contribution is 6.00. The average Bonchev–Trinajstić information content (AvgIpc) is 3.12. The summed E-state index contributed by atoms with van der Waals surface area (Å²) in [7, 11) is 0. The monoisotopic (exact) mass is 379 g/mol. The molecule has 0 spiro atoms. The number of nitrogens with one attached hydrogen (secondary N) is 1. The molecule has 0 radical (unpaired) electrons. The first-order valence-electron chi connectivity index (χ1n) is 8.22. The van der Waals surface area contributed by atoms with E-state index >= 15 is 0 Å². The number of alkyl halides is 3. The van der Waals surface area contributed by atoms with Gasteiger partial charge in [-0.2, -0.15) is 0 Å². The van der Waals surface area contributed by atoms with Crippen LogP contribution < -0.4 is 10.1 Å². The van der Waals surface area contributed by atoms with Gasteiger partial charge in [0.1, 0.15) is 17.5 Å². The van der Waals surface area contributed by atoms with Gasteiger partial charge in [-0.05, 0) is 49.2 Å². The zero-order chi connectivity index (χ0) is 19.4. The van der Waals surface area contributed by atoms with E-state index in [4.69, 9.17) is 0 Å². The number of halogens is 3. The Morgan fingerprint density at radius 3 is 2.52 bits per heavy atom. The predicted octanol–water partition coefficient (Wildman–Crippen LogP) is 3.22. The molecule has 1 N–H and O–H groups in total. The third kappa shape index (κ3) is 4.75. The van der Waals surface area contributed by atoms with Gasteiger partial charge >= 0.3 is 6.36 Å². The number of amides is 2. The van der Waals surface area contributed by atoms with E-state index in [2.05, 4.69) is 15.0 Å². The number of aromatic nitrogens is 1. The lowest BCUT2D eigenvalue weighted by molar-refractivity contribution is -0.274. The number of anilines is 1. The van der Waals surface area contributed by atoms with Crippen molar-refractivity contribution in [3.8, 4) is 5.75 Å². The van der Waals surface area contributed by atoms with Crippen molar-refractivity contribution >= 4 is 17.5 Å². The molecule has 27 heavy (non-hydrogen) atoms. The van der Waals surface area contributed by atoms with E-state index in [1.165, 1.54) is 23.2 Å². The second-order valence-corrected chi connectivity index (χ2v) is 5.93. The van der Waals surface area contributed by atoms with E-state index < -0.39 is 18.3 Å². The number of nitrogens with zero attached hydrogens (tertiary/aromatic N) is 2. The van der Waals surface area contributed by atoms with Crippen LogP contribution in [-0.2, 0) is 4.79 Å². The maximum Gasteiger partial charge on any atom is 0.573 e. The Morgan fingerprint density at radius 2 is 1.89 bits per heavy atom. The predicted molar refractivity (Wildman–Crippen MR) is 90.1 cm³/mol. The second-order valence-electron chi connectivity index (χ2n) is 5.93. The average molecular weight is 379 g/mol. The molecule has 0 unspecified atom stereocenters. The Balaban J connectivity index is 1.65. The van der Waals surface area contributed by atoms with Crippen molar-refractivity contribution in [1.29, 1.82) is 0 Å². The second kappa shape index (κ2) is 7.65. The number of ether oxygens (including phenoxy) is 1. The summed E-state index contributed by atoms with van der Waals surface area (Å²) in [6, 6.07) is 9.12. The van der Waals surface area contributed by atoms with E-state index in [0.29, 0.717) is 25.1 Å². The molecule has 1 aliphatic heterocycles. The van der Waals surface area contributed by atoms with Crippen LogP contribution in [0.15, 0.2) is 48.7 Å². The molecule has 2 amide bonds. The van der Waals surface area contributed by atoms with E-state index in [-0.39, 0.29) is 17.4 Å². The molecule has 1 saturated heterocycles. The number of likely N-dealkylation sites (tertiary alicyclic amines) is 1. The molecule has 9 heteroatoms. The molecular weight excluding hydrogens is 363 g/mol. The van der Waals surface area contributed by atoms with Crippen LogP contribution in [0, 0.1) is 0 Å². The summed E-state index contributed by atoms with van der Waals surface area (Å²) in [6.07, 6.45) is -2.10. The number of carbonyl (C=O) groups excluding carboxylic acids is 2. The summed E-state index contributed by atoms with van der Waals surface area (Å²) < 4.78 is 40.3. The van der Waals surface area contributed by atoms with Gasteiger partial charge in [-0.3, -0.25) is 14.6 Å². The molecule has 1 atom stereocenters. The van der Waals surface area contributed by atoms with Gasteiger partial charge in [0.05, 0.1) is 0 Å². The van der Waals surface area contributed by atoms with E-state index in [0.717, 1.165) is 12.1 Å². The fraction of sp³-hybridized carbons (Fsp3) is 0.278. The highest BCUT2D eigenvalue weighted by atomic mass is 19.4. The standard InChI is InChI=1S/C18H16F3N3O3/c19-18(20,21)27-13-8-6-12(7-9-13)23-16(25)15-5-3-11-24(15)17(26)14-4-1-2-10-22-14/h1-2,4,6-10,15H,3,5,11H2,(H,23,25)/t15-/m0/s1. The van der Waals surface area contributed by atoms with Crippen LogP contribution in [0.4, 0.5) is 18.9 Å². The minimum Gasteiger partial charge on any atom is -0.406 e. The molecule has 1 aliphatic rings. The van der Waals surface area contributed by atoms with Crippen LogP contribution in [0.3, 0.4) is 0 Å². The minimum atomic E-state index is -4.78. The van der Waals surface area contributed by atoms with Crippen molar-refractivity contribution in [2.75, 3.05) is 11.9 Å². The molecule has 2 aromatic rings. The Kier molecular flexibility index (Phi) is 5.29. The first-order valence-corrected chi connectivity index (χ1v) is 8.22. The summed E-state index contributed by atoms with van der Waals surface area (Å²) >= 11 is 0. The zero-order valence-corrected chi connectivity index (χ0v) is 14.1. The van der Waals surface area contributed by atoms with Gasteiger partial charge in [0.25, 0.3) is 5.91 Å². The van der Waals surface area contributed by atoms with Crippen LogP contribution in [0.2, 0.25) is 0 Å². The van der Waals surface area contributed by atoms with Gasteiger partial charge < -0.3 is 15.0 Å².